The number of hydrogen-bond donors (Lipinski definition) is 2. The number of carboxylic acids is 1. The topological polar surface area (TPSA) is 66.4 Å². The van der Waals surface area contributed by atoms with Crippen molar-refractivity contribution in [3.8, 4) is 0 Å². The molecule has 0 unspecified atom stereocenters. The smallest absolute Gasteiger partial charge is 0.306 e. The highest BCUT2D eigenvalue weighted by Gasteiger charge is 2.26. The summed E-state index contributed by atoms with van der Waals surface area (Å²) in [5.41, 5.74) is 0.261. The van der Waals surface area contributed by atoms with Crippen LogP contribution < -0.4 is 5.32 Å². The van der Waals surface area contributed by atoms with Gasteiger partial charge >= 0.3 is 5.97 Å². The summed E-state index contributed by atoms with van der Waals surface area (Å²) in [5.74, 6) is -1.89. The second kappa shape index (κ2) is 6.35. The molecule has 108 valence electrons. The van der Waals surface area contributed by atoms with Crippen molar-refractivity contribution >= 4 is 27.8 Å². The molecule has 4 nitrogen and oxygen atoms in total. The van der Waals surface area contributed by atoms with Crippen LogP contribution in [0.2, 0.25) is 0 Å². The monoisotopic (exact) mass is 343 g/mol. The predicted molar refractivity (Wildman–Crippen MR) is 74.9 cm³/mol. The van der Waals surface area contributed by atoms with E-state index >= 15 is 0 Å². The maximum atomic E-state index is 13.2. The molecule has 1 amide bonds. The van der Waals surface area contributed by atoms with Crippen LogP contribution in [0, 0.1) is 11.7 Å². The number of rotatable bonds is 3. The molecule has 1 saturated carbocycles. The Morgan fingerprint density at radius 3 is 2.40 bits per heavy atom. The van der Waals surface area contributed by atoms with E-state index in [-0.39, 0.29) is 23.4 Å². The van der Waals surface area contributed by atoms with Crippen molar-refractivity contribution in [2.24, 2.45) is 5.92 Å². The number of halogens is 2. The number of carboxylic acid groups (broad SMARTS) is 1. The van der Waals surface area contributed by atoms with E-state index in [1.165, 1.54) is 12.1 Å². The van der Waals surface area contributed by atoms with Gasteiger partial charge in [0, 0.05) is 16.1 Å². The van der Waals surface area contributed by atoms with Gasteiger partial charge in [-0.3, -0.25) is 9.59 Å². The van der Waals surface area contributed by atoms with Gasteiger partial charge in [0.05, 0.1) is 5.92 Å². The van der Waals surface area contributed by atoms with E-state index < -0.39 is 11.8 Å². The van der Waals surface area contributed by atoms with Crippen molar-refractivity contribution in [3.05, 3.63) is 34.1 Å². The fourth-order valence-corrected chi connectivity index (χ4v) is 2.90. The number of amides is 1. The highest BCUT2D eigenvalue weighted by atomic mass is 79.9. The van der Waals surface area contributed by atoms with Crippen molar-refractivity contribution < 1.29 is 19.1 Å². The van der Waals surface area contributed by atoms with Gasteiger partial charge < -0.3 is 10.4 Å². The summed E-state index contributed by atoms with van der Waals surface area (Å²) in [6.07, 6.45) is 2.40. The van der Waals surface area contributed by atoms with Crippen molar-refractivity contribution in [2.75, 3.05) is 0 Å². The van der Waals surface area contributed by atoms with E-state index in [1.54, 1.807) is 6.07 Å². The number of aliphatic carboxylic acids is 1. The Morgan fingerprint density at radius 2 is 1.85 bits per heavy atom. The van der Waals surface area contributed by atoms with Crippen molar-refractivity contribution in [2.45, 2.75) is 31.7 Å². The Hall–Kier alpha value is -1.43. The van der Waals surface area contributed by atoms with E-state index in [0.29, 0.717) is 30.2 Å². The van der Waals surface area contributed by atoms with Gasteiger partial charge in [0.1, 0.15) is 5.82 Å². The van der Waals surface area contributed by atoms with Gasteiger partial charge in [0.2, 0.25) is 0 Å². The average molecular weight is 344 g/mol. The first kappa shape index (κ1) is 15.0. The van der Waals surface area contributed by atoms with Gasteiger partial charge in [-0.1, -0.05) is 15.9 Å². The maximum Gasteiger partial charge on any atom is 0.306 e. The largest absolute Gasteiger partial charge is 0.481 e. The van der Waals surface area contributed by atoms with Crippen LogP contribution in [0.25, 0.3) is 0 Å². The minimum atomic E-state index is -0.774. The van der Waals surface area contributed by atoms with Crippen LogP contribution in [0.15, 0.2) is 22.7 Å². The third kappa shape index (κ3) is 3.79. The number of benzene rings is 1. The van der Waals surface area contributed by atoms with Crippen LogP contribution >= 0.6 is 15.9 Å². The molecule has 0 atom stereocenters. The van der Waals surface area contributed by atoms with Crippen LogP contribution in [-0.4, -0.2) is 23.0 Å². The van der Waals surface area contributed by atoms with Gasteiger partial charge in [0.25, 0.3) is 5.91 Å². The first-order chi connectivity index (χ1) is 9.45. The fraction of sp³-hybridized carbons (Fsp3) is 0.429. The minimum Gasteiger partial charge on any atom is -0.481 e. The third-order valence-corrected chi connectivity index (χ3v) is 3.99. The number of hydrogen-bond acceptors (Lipinski definition) is 2. The van der Waals surface area contributed by atoms with Gasteiger partial charge in [-0.2, -0.15) is 0 Å². The van der Waals surface area contributed by atoms with Gasteiger partial charge in [-0.05, 0) is 43.9 Å². The first-order valence-electron chi connectivity index (χ1n) is 6.45. The van der Waals surface area contributed by atoms with E-state index in [0.717, 1.165) is 0 Å². The molecule has 0 aliphatic heterocycles. The third-order valence-electron chi connectivity index (χ3n) is 3.54. The first-order valence-corrected chi connectivity index (χ1v) is 7.25. The molecule has 1 aromatic rings. The molecule has 0 heterocycles. The molecule has 1 aromatic carbocycles. The Kier molecular flexibility index (Phi) is 4.75. The quantitative estimate of drug-likeness (QED) is 0.886. The zero-order chi connectivity index (χ0) is 14.7. The molecule has 1 fully saturated rings. The van der Waals surface area contributed by atoms with E-state index in [1.807, 2.05) is 0 Å². The summed E-state index contributed by atoms with van der Waals surface area (Å²) in [7, 11) is 0. The van der Waals surface area contributed by atoms with Crippen molar-refractivity contribution in [3.63, 3.8) is 0 Å². The Balaban J connectivity index is 1.94. The van der Waals surface area contributed by atoms with Crippen molar-refractivity contribution in [1.82, 2.24) is 5.32 Å². The van der Waals surface area contributed by atoms with Crippen LogP contribution in [-0.2, 0) is 4.79 Å². The number of nitrogens with one attached hydrogen (secondary N) is 1. The Morgan fingerprint density at radius 1 is 1.20 bits per heavy atom. The lowest BCUT2D eigenvalue weighted by molar-refractivity contribution is -0.142. The molecular weight excluding hydrogens is 329 g/mol. The van der Waals surface area contributed by atoms with Gasteiger partial charge in [0.15, 0.2) is 0 Å². The second-order valence-electron chi connectivity index (χ2n) is 5.02. The van der Waals surface area contributed by atoms with E-state index in [4.69, 9.17) is 5.11 Å². The summed E-state index contributed by atoms with van der Waals surface area (Å²) in [4.78, 5) is 22.9. The molecule has 0 radical (unpaired) electrons. The Bertz CT molecular complexity index is 507. The maximum absolute atomic E-state index is 13.2. The molecule has 2 rings (SSSR count). The van der Waals surface area contributed by atoms with Gasteiger partial charge in [-0.25, -0.2) is 4.39 Å². The molecular formula is C14H15BrFNO3. The molecule has 20 heavy (non-hydrogen) atoms. The van der Waals surface area contributed by atoms with Crippen LogP contribution in [0.3, 0.4) is 0 Å². The lowest BCUT2D eigenvalue weighted by Gasteiger charge is -2.26. The highest BCUT2D eigenvalue weighted by molar-refractivity contribution is 9.10. The fourth-order valence-electron chi connectivity index (χ4n) is 2.44. The van der Waals surface area contributed by atoms with Crippen LogP contribution in [0.1, 0.15) is 36.0 Å². The van der Waals surface area contributed by atoms with Crippen LogP contribution in [0.5, 0.6) is 0 Å². The predicted octanol–water partition coefficient (Wildman–Crippen LogP) is 2.96. The molecule has 6 heteroatoms. The summed E-state index contributed by atoms with van der Waals surface area (Å²) in [6.45, 7) is 0. The highest BCUT2D eigenvalue weighted by Crippen LogP contribution is 2.25. The number of carbonyl (C=O) groups excluding carboxylic acids is 1. The summed E-state index contributed by atoms with van der Waals surface area (Å²) >= 11 is 3.15. The summed E-state index contributed by atoms with van der Waals surface area (Å²) in [6, 6.07) is 3.99. The zero-order valence-electron chi connectivity index (χ0n) is 10.7. The van der Waals surface area contributed by atoms with Crippen LogP contribution in [0.4, 0.5) is 4.39 Å². The summed E-state index contributed by atoms with van der Waals surface area (Å²) < 4.78 is 13.7. The molecule has 2 N–H and O–H groups in total. The normalized spacial score (nSPS) is 22.3. The van der Waals surface area contributed by atoms with E-state index in [9.17, 15) is 14.0 Å². The molecule has 0 aromatic heterocycles. The molecule has 0 spiro atoms. The second-order valence-corrected chi connectivity index (χ2v) is 5.93. The average Bonchev–Trinajstić information content (AvgIpc) is 2.38. The molecule has 1 aliphatic rings. The molecule has 1 aliphatic carbocycles. The summed E-state index contributed by atoms with van der Waals surface area (Å²) in [5, 5.41) is 11.7. The van der Waals surface area contributed by atoms with Crippen molar-refractivity contribution in [1.29, 1.82) is 0 Å². The SMILES string of the molecule is O=C(NC1CCC(C(=O)O)CC1)c1cc(F)cc(Br)c1. The molecule has 0 bridgehead atoms. The number of carbonyl (C=O) groups is 2. The zero-order valence-corrected chi connectivity index (χ0v) is 12.3. The van der Waals surface area contributed by atoms with Gasteiger partial charge in [-0.15, -0.1) is 0 Å². The lowest BCUT2D eigenvalue weighted by atomic mass is 9.86. The Labute approximate surface area is 124 Å². The lowest BCUT2D eigenvalue weighted by Crippen LogP contribution is -2.38. The minimum absolute atomic E-state index is 0.0415. The van der Waals surface area contributed by atoms with E-state index in [2.05, 4.69) is 21.2 Å². The standard InChI is InChI=1S/C14H15BrFNO3/c15-10-5-9(6-11(16)7-10)13(18)17-12-3-1-8(2-4-12)14(19)20/h5-8,12H,1-4H2,(H,17,18)(H,19,20). The molecule has 0 saturated heterocycles.